The van der Waals surface area contributed by atoms with Crippen LogP contribution in [0.5, 0.6) is 11.5 Å². The minimum atomic E-state index is -0.199. The Balaban J connectivity index is 1.52. The van der Waals surface area contributed by atoms with Gasteiger partial charge < -0.3 is 24.3 Å². The van der Waals surface area contributed by atoms with Gasteiger partial charge in [0, 0.05) is 56.8 Å². The van der Waals surface area contributed by atoms with Gasteiger partial charge in [0.25, 0.3) is 5.91 Å². The summed E-state index contributed by atoms with van der Waals surface area (Å²) in [7, 11) is 5.25. The molecule has 0 fully saturated rings. The minimum Gasteiger partial charge on any atom is -0.457 e. The van der Waals surface area contributed by atoms with Gasteiger partial charge in [-0.25, -0.2) is 4.98 Å². The second-order valence-corrected chi connectivity index (χ2v) is 7.91. The number of methoxy groups -OCH3 is 1. The molecule has 0 atom stereocenters. The minimum absolute atomic E-state index is 0.199. The number of benzene rings is 2. The van der Waals surface area contributed by atoms with E-state index in [0.717, 1.165) is 16.7 Å². The Kier molecular flexibility index (Phi) is 6.76. The van der Waals surface area contributed by atoms with Gasteiger partial charge in [-0.1, -0.05) is 11.6 Å². The molecule has 0 saturated heterocycles. The van der Waals surface area contributed by atoms with Crippen LogP contribution in [0.25, 0.3) is 11.0 Å². The van der Waals surface area contributed by atoms with Crippen molar-refractivity contribution < 1.29 is 14.3 Å². The summed E-state index contributed by atoms with van der Waals surface area (Å²) in [6.07, 6.45) is 1.56. The fourth-order valence-electron chi connectivity index (χ4n) is 3.27. The van der Waals surface area contributed by atoms with E-state index in [-0.39, 0.29) is 5.91 Å². The van der Waals surface area contributed by atoms with E-state index in [1.54, 1.807) is 37.4 Å². The molecule has 1 amide bonds. The molecule has 0 spiro atoms. The number of imidazole rings is 1. The van der Waals surface area contributed by atoms with Crippen molar-refractivity contribution in [2.24, 2.45) is 7.05 Å². The topological polar surface area (TPSA) is 81.5 Å². The molecule has 4 aromatic rings. The summed E-state index contributed by atoms with van der Waals surface area (Å²) in [5.41, 5.74) is 2.92. The average molecular weight is 466 g/mol. The Bertz CT molecular complexity index is 1270. The maximum absolute atomic E-state index is 12.6. The molecule has 0 bridgehead atoms. The second-order valence-electron chi connectivity index (χ2n) is 7.48. The zero-order valence-electron chi connectivity index (χ0n) is 18.6. The van der Waals surface area contributed by atoms with E-state index in [4.69, 9.17) is 21.1 Å². The van der Waals surface area contributed by atoms with Gasteiger partial charge in [0.05, 0.1) is 17.6 Å². The lowest BCUT2D eigenvalue weighted by atomic mass is 10.3. The third kappa shape index (κ3) is 5.24. The maximum atomic E-state index is 12.6. The van der Waals surface area contributed by atoms with Crippen molar-refractivity contribution in [1.82, 2.24) is 19.4 Å². The van der Waals surface area contributed by atoms with Gasteiger partial charge in [-0.3, -0.25) is 9.78 Å². The molecule has 4 rings (SSSR count). The van der Waals surface area contributed by atoms with E-state index in [0.29, 0.717) is 41.3 Å². The number of carbonyl (C=O) groups is 1. The van der Waals surface area contributed by atoms with Crippen LogP contribution in [0.1, 0.15) is 10.5 Å². The smallest absolute Gasteiger partial charge is 0.272 e. The Morgan fingerprint density at radius 2 is 1.88 bits per heavy atom. The summed E-state index contributed by atoms with van der Waals surface area (Å²) in [5, 5.41) is 3.97. The molecule has 0 radical (unpaired) electrons. The van der Waals surface area contributed by atoms with Crippen LogP contribution in [0.4, 0.5) is 11.6 Å². The highest BCUT2D eigenvalue weighted by molar-refractivity contribution is 6.30. The summed E-state index contributed by atoms with van der Waals surface area (Å²) >= 11 is 5.96. The molecule has 0 aliphatic rings. The van der Waals surface area contributed by atoms with Gasteiger partial charge in [0.1, 0.15) is 17.2 Å². The number of anilines is 2. The standard InChI is InChI=1S/C24H24ClN5O3/c1-29(12-13-32-3)23(31)21-15-19(10-11-26-21)33-18-8-9-22-20(14-18)28-24(30(22)2)27-17-6-4-16(25)5-7-17/h4-11,14-15H,12-13H2,1-3H3,(H,27,28). The molecule has 1 N–H and O–H groups in total. The predicted molar refractivity (Wildman–Crippen MR) is 129 cm³/mol. The van der Waals surface area contributed by atoms with Crippen molar-refractivity contribution in [2.75, 3.05) is 32.6 Å². The van der Waals surface area contributed by atoms with Crippen molar-refractivity contribution in [3.8, 4) is 11.5 Å². The summed E-state index contributed by atoms with van der Waals surface area (Å²) < 4.78 is 13.0. The number of pyridine rings is 1. The third-order valence-corrected chi connectivity index (χ3v) is 5.37. The van der Waals surface area contributed by atoms with Crippen molar-refractivity contribution in [2.45, 2.75) is 0 Å². The number of fused-ring (bicyclic) bond motifs is 1. The van der Waals surface area contributed by atoms with Crippen molar-refractivity contribution >= 4 is 40.2 Å². The first-order valence-electron chi connectivity index (χ1n) is 10.3. The van der Waals surface area contributed by atoms with Crippen LogP contribution < -0.4 is 10.1 Å². The molecule has 0 aliphatic heterocycles. The second kappa shape index (κ2) is 9.89. The van der Waals surface area contributed by atoms with E-state index in [1.165, 1.54) is 0 Å². The third-order valence-electron chi connectivity index (χ3n) is 5.12. The summed E-state index contributed by atoms with van der Waals surface area (Å²) in [5.74, 6) is 1.62. The van der Waals surface area contributed by atoms with E-state index in [1.807, 2.05) is 54.1 Å². The molecule has 2 heterocycles. The highest BCUT2D eigenvalue weighted by atomic mass is 35.5. The molecule has 0 unspecified atom stereocenters. The molecular formula is C24H24ClN5O3. The van der Waals surface area contributed by atoms with E-state index in [9.17, 15) is 4.79 Å². The molecule has 170 valence electrons. The van der Waals surface area contributed by atoms with Gasteiger partial charge in [0.2, 0.25) is 5.95 Å². The fourth-order valence-corrected chi connectivity index (χ4v) is 3.40. The largest absolute Gasteiger partial charge is 0.457 e. The van der Waals surface area contributed by atoms with E-state index < -0.39 is 0 Å². The molecular weight excluding hydrogens is 442 g/mol. The molecule has 2 aromatic heterocycles. The zero-order valence-corrected chi connectivity index (χ0v) is 19.3. The first-order chi connectivity index (χ1) is 15.9. The molecule has 9 heteroatoms. The van der Waals surface area contributed by atoms with Crippen LogP contribution in [0.15, 0.2) is 60.8 Å². The number of ether oxygens (including phenoxy) is 2. The lowest BCUT2D eigenvalue weighted by Crippen LogP contribution is -2.30. The predicted octanol–water partition coefficient (Wildman–Crippen LogP) is 4.88. The summed E-state index contributed by atoms with van der Waals surface area (Å²) in [6.45, 7) is 0.933. The number of likely N-dealkylation sites (N-methyl/N-ethyl adjacent to an activating group) is 1. The van der Waals surface area contributed by atoms with Gasteiger partial charge >= 0.3 is 0 Å². The molecule has 2 aromatic carbocycles. The normalized spacial score (nSPS) is 10.9. The average Bonchev–Trinajstić information content (AvgIpc) is 3.13. The number of aromatic nitrogens is 3. The number of aryl methyl sites for hydroxylation is 1. The quantitative estimate of drug-likeness (QED) is 0.399. The van der Waals surface area contributed by atoms with Crippen LogP contribution in [0.2, 0.25) is 5.02 Å². The van der Waals surface area contributed by atoms with Crippen LogP contribution >= 0.6 is 11.6 Å². The highest BCUT2D eigenvalue weighted by Crippen LogP contribution is 2.28. The first kappa shape index (κ1) is 22.6. The van der Waals surface area contributed by atoms with Crippen LogP contribution in [-0.4, -0.2) is 52.7 Å². The summed E-state index contributed by atoms with van der Waals surface area (Å²) in [6, 6.07) is 16.4. The first-order valence-corrected chi connectivity index (χ1v) is 10.7. The molecule has 8 nitrogen and oxygen atoms in total. The Morgan fingerprint density at radius 1 is 1.12 bits per heavy atom. The number of hydrogen-bond acceptors (Lipinski definition) is 6. The Hall–Kier alpha value is -3.62. The monoisotopic (exact) mass is 465 g/mol. The SMILES string of the molecule is COCCN(C)C(=O)c1cc(Oc2ccc3c(c2)nc(Nc2ccc(Cl)cc2)n3C)ccn1. The van der Waals surface area contributed by atoms with Crippen molar-refractivity contribution in [1.29, 1.82) is 0 Å². The lowest BCUT2D eigenvalue weighted by molar-refractivity contribution is 0.0738. The molecule has 0 aliphatic carbocycles. The van der Waals surface area contributed by atoms with Crippen molar-refractivity contribution in [3.63, 3.8) is 0 Å². The zero-order chi connectivity index (χ0) is 23.4. The van der Waals surface area contributed by atoms with Gasteiger partial charge in [-0.2, -0.15) is 0 Å². The number of nitrogens with one attached hydrogen (secondary N) is 1. The molecule has 33 heavy (non-hydrogen) atoms. The number of rotatable bonds is 8. The Labute approximate surface area is 196 Å². The number of nitrogens with zero attached hydrogens (tertiary/aromatic N) is 4. The number of hydrogen-bond donors (Lipinski definition) is 1. The van der Waals surface area contributed by atoms with Crippen molar-refractivity contribution in [3.05, 3.63) is 71.5 Å². The van der Waals surface area contributed by atoms with Crippen LogP contribution in [0, 0.1) is 0 Å². The van der Waals surface area contributed by atoms with Crippen LogP contribution in [-0.2, 0) is 11.8 Å². The Morgan fingerprint density at radius 3 is 2.64 bits per heavy atom. The molecule has 0 saturated carbocycles. The van der Waals surface area contributed by atoms with Crippen LogP contribution in [0.3, 0.4) is 0 Å². The summed E-state index contributed by atoms with van der Waals surface area (Å²) in [4.78, 5) is 23.0. The fraction of sp³-hybridized carbons (Fsp3) is 0.208. The van der Waals surface area contributed by atoms with Gasteiger partial charge in [-0.05, 0) is 42.5 Å². The van der Waals surface area contributed by atoms with E-state index in [2.05, 4.69) is 15.3 Å². The maximum Gasteiger partial charge on any atom is 0.272 e. The number of halogens is 1. The van der Waals surface area contributed by atoms with E-state index >= 15 is 0 Å². The lowest BCUT2D eigenvalue weighted by Gasteiger charge is -2.16. The number of amides is 1. The highest BCUT2D eigenvalue weighted by Gasteiger charge is 2.15. The van der Waals surface area contributed by atoms with Gasteiger partial charge in [0.15, 0.2) is 0 Å². The van der Waals surface area contributed by atoms with Gasteiger partial charge in [-0.15, -0.1) is 0 Å². The number of carbonyl (C=O) groups excluding carboxylic acids is 1.